The number of hydrogen-bond donors (Lipinski definition) is 2. The summed E-state index contributed by atoms with van der Waals surface area (Å²) < 4.78 is 62.4. The molecule has 3 rings (SSSR count). The molecule has 0 amide bonds. The minimum Gasteiger partial charge on any atom is -0.490 e. The van der Waals surface area contributed by atoms with Gasteiger partial charge in [0, 0.05) is 12.5 Å². The lowest BCUT2D eigenvalue weighted by Crippen LogP contribution is -2.17. The number of rotatable bonds is 4. The van der Waals surface area contributed by atoms with Crippen LogP contribution in [0.15, 0.2) is 40.1 Å². The van der Waals surface area contributed by atoms with Crippen LogP contribution < -0.4 is 19.3 Å². The van der Waals surface area contributed by atoms with E-state index in [4.69, 9.17) is 14.6 Å². The van der Waals surface area contributed by atoms with Gasteiger partial charge in [0.1, 0.15) is 0 Å². The number of nitrogens with two attached hydrogens (primary N) is 1. The van der Waals surface area contributed by atoms with Crippen LogP contribution in [0, 0.1) is 13.8 Å². The number of ether oxygens (including phenoxy) is 2. The normalized spacial score (nSPS) is 14.5. The second-order valence-corrected chi connectivity index (χ2v) is 9.47. The van der Waals surface area contributed by atoms with Crippen molar-refractivity contribution >= 4 is 25.7 Å². The Kier molecular flexibility index (Phi) is 5.06. The molecule has 2 aromatic carbocycles. The number of primary sulfonamides is 1. The van der Waals surface area contributed by atoms with Crippen molar-refractivity contribution in [3.63, 3.8) is 0 Å². The summed E-state index contributed by atoms with van der Waals surface area (Å²) in [6.07, 6.45) is 0.702. The summed E-state index contributed by atoms with van der Waals surface area (Å²) >= 11 is 0. The van der Waals surface area contributed by atoms with Crippen LogP contribution >= 0.6 is 0 Å². The minimum absolute atomic E-state index is 0.0233. The highest BCUT2D eigenvalue weighted by Crippen LogP contribution is 2.33. The zero-order valence-corrected chi connectivity index (χ0v) is 16.5. The Balaban J connectivity index is 2.00. The lowest BCUT2D eigenvalue weighted by atomic mass is 10.1. The fraction of sp³-hybridized carbons (Fsp3) is 0.294. The predicted molar refractivity (Wildman–Crippen MR) is 100 cm³/mol. The maximum absolute atomic E-state index is 12.8. The average Bonchev–Trinajstić information content (AvgIpc) is 2.82. The second-order valence-electron chi connectivity index (χ2n) is 6.22. The smallest absolute Gasteiger partial charge is 0.262 e. The van der Waals surface area contributed by atoms with Crippen LogP contribution in [0.3, 0.4) is 0 Å². The van der Waals surface area contributed by atoms with E-state index in [1.54, 1.807) is 13.8 Å². The third-order valence-electron chi connectivity index (χ3n) is 4.24. The van der Waals surface area contributed by atoms with Crippen molar-refractivity contribution in [3.05, 3.63) is 41.5 Å². The second kappa shape index (κ2) is 7.02. The van der Waals surface area contributed by atoms with Crippen molar-refractivity contribution in [1.29, 1.82) is 0 Å². The van der Waals surface area contributed by atoms with E-state index >= 15 is 0 Å². The third-order valence-corrected chi connectivity index (χ3v) is 6.50. The van der Waals surface area contributed by atoms with Gasteiger partial charge < -0.3 is 9.47 Å². The van der Waals surface area contributed by atoms with Gasteiger partial charge in [-0.05, 0) is 49.2 Å². The Morgan fingerprint density at radius 1 is 0.926 bits per heavy atom. The minimum atomic E-state index is -3.98. The quantitative estimate of drug-likeness (QED) is 0.790. The Bertz CT molecular complexity index is 1090. The molecule has 0 aliphatic carbocycles. The summed E-state index contributed by atoms with van der Waals surface area (Å²) in [4.78, 5) is -0.188. The van der Waals surface area contributed by atoms with E-state index < -0.39 is 20.0 Å². The van der Waals surface area contributed by atoms with E-state index in [1.165, 1.54) is 30.3 Å². The number of hydrogen-bond acceptors (Lipinski definition) is 6. The summed E-state index contributed by atoms with van der Waals surface area (Å²) in [5.41, 5.74) is 1.34. The number of sulfonamides is 2. The lowest BCUT2D eigenvalue weighted by molar-refractivity contribution is 0.297. The van der Waals surface area contributed by atoms with Crippen molar-refractivity contribution in [1.82, 2.24) is 0 Å². The van der Waals surface area contributed by atoms with Gasteiger partial charge in [-0.3, -0.25) is 4.72 Å². The van der Waals surface area contributed by atoms with Crippen molar-refractivity contribution in [2.75, 3.05) is 17.9 Å². The monoisotopic (exact) mass is 412 g/mol. The average molecular weight is 412 g/mol. The molecule has 27 heavy (non-hydrogen) atoms. The zero-order chi connectivity index (χ0) is 19.8. The van der Waals surface area contributed by atoms with Crippen molar-refractivity contribution in [3.8, 4) is 11.5 Å². The molecule has 0 fully saturated rings. The molecule has 0 unspecified atom stereocenters. The molecule has 3 N–H and O–H groups in total. The van der Waals surface area contributed by atoms with E-state index in [9.17, 15) is 16.8 Å². The molecule has 1 aliphatic rings. The molecule has 0 spiro atoms. The molecule has 0 bridgehead atoms. The van der Waals surface area contributed by atoms with E-state index in [0.29, 0.717) is 42.3 Å². The topological polar surface area (TPSA) is 125 Å². The maximum Gasteiger partial charge on any atom is 0.262 e. The summed E-state index contributed by atoms with van der Waals surface area (Å²) in [5, 5.41) is 5.18. The molecule has 8 nitrogen and oxygen atoms in total. The fourth-order valence-corrected chi connectivity index (χ4v) is 4.36. The van der Waals surface area contributed by atoms with Crippen LogP contribution in [0.2, 0.25) is 0 Å². The molecular formula is C17H20N2O6S2. The Morgan fingerprint density at radius 2 is 1.59 bits per heavy atom. The molecule has 0 saturated carbocycles. The molecule has 1 heterocycles. The fourth-order valence-electron chi connectivity index (χ4n) is 2.61. The number of nitrogens with one attached hydrogen (secondary N) is 1. The highest BCUT2D eigenvalue weighted by atomic mass is 32.2. The van der Waals surface area contributed by atoms with Crippen LogP contribution in [-0.2, 0) is 20.0 Å². The predicted octanol–water partition coefficient (Wildman–Crippen LogP) is 1.91. The number of anilines is 1. The summed E-state index contributed by atoms with van der Waals surface area (Å²) in [5.74, 6) is 0.830. The highest BCUT2D eigenvalue weighted by molar-refractivity contribution is 7.92. The summed E-state index contributed by atoms with van der Waals surface area (Å²) in [6, 6.07) is 6.93. The van der Waals surface area contributed by atoms with E-state index in [2.05, 4.69) is 4.72 Å². The molecule has 146 valence electrons. The molecule has 0 radical (unpaired) electrons. The molecular weight excluding hydrogens is 392 g/mol. The van der Waals surface area contributed by atoms with Gasteiger partial charge in [0.25, 0.3) is 10.0 Å². The van der Waals surface area contributed by atoms with E-state index in [0.717, 1.165) is 0 Å². The van der Waals surface area contributed by atoms with E-state index in [-0.39, 0.29) is 15.5 Å². The summed E-state index contributed by atoms with van der Waals surface area (Å²) in [7, 11) is -7.95. The Morgan fingerprint density at radius 3 is 2.26 bits per heavy atom. The third kappa shape index (κ3) is 4.18. The van der Waals surface area contributed by atoms with Gasteiger partial charge in [-0.15, -0.1) is 0 Å². The molecule has 0 atom stereocenters. The van der Waals surface area contributed by atoms with Gasteiger partial charge in [0.15, 0.2) is 11.5 Å². The van der Waals surface area contributed by atoms with Crippen LogP contribution in [0.25, 0.3) is 0 Å². The van der Waals surface area contributed by atoms with Crippen LogP contribution in [0.5, 0.6) is 11.5 Å². The first kappa shape index (κ1) is 19.5. The number of aryl methyl sites for hydroxylation is 1. The van der Waals surface area contributed by atoms with Crippen molar-refractivity contribution in [2.45, 2.75) is 30.1 Å². The van der Waals surface area contributed by atoms with Gasteiger partial charge in [0.05, 0.1) is 28.7 Å². The molecule has 0 saturated heterocycles. The van der Waals surface area contributed by atoms with Gasteiger partial charge in [-0.1, -0.05) is 0 Å². The van der Waals surface area contributed by atoms with Gasteiger partial charge in [-0.25, -0.2) is 22.0 Å². The first-order valence-electron chi connectivity index (χ1n) is 8.14. The number of benzene rings is 2. The van der Waals surface area contributed by atoms with Gasteiger partial charge in [-0.2, -0.15) is 0 Å². The molecule has 2 aromatic rings. The lowest BCUT2D eigenvalue weighted by Gasteiger charge is -2.15. The van der Waals surface area contributed by atoms with Crippen molar-refractivity contribution < 1.29 is 26.3 Å². The van der Waals surface area contributed by atoms with Gasteiger partial charge >= 0.3 is 0 Å². The SMILES string of the molecule is Cc1cc(S(N)(=O)=O)cc(NS(=O)(=O)c2ccc3c(c2)OCCCO3)c1C. The Hall–Kier alpha value is -2.30. The van der Waals surface area contributed by atoms with Crippen molar-refractivity contribution in [2.24, 2.45) is 5.14 Å². The molecule has 10 heteroatoms. The Labute approximate surface area is 158 Å². The maximum atomic E-state index is 12.8. The first-order valence-corrected chi connectivity index (χ1v) is 11.2. The van der Waals surface area contributed by atoms with E-state index in [1.807, 2.05) is 0 Å². The highest BCUT2D eigenvalue weighted by Gasteiger charge is 2.21. The van der Waals surface area contributed by atoms with Crippen LogP contribution in [-0.4, -0.2) is 30.0 Å². The van der Waals surface area contributed by atoms with Crippen LogP contribution in [0.4, 0.5) is 5.69 Å². The summed E-state index contributed by atoms with van der Waals surface area (Å²) in [6.45, 7) is 4.29. The largest absolute Gasteiger partial charge is 0.490 e. The first-order chi connectivity index (χ1) is 12.6. The zero-order valence-electron chi connectivity index (χ0n) is 14.9. The standard InChI is InChI=1S/C17H20N2O6S2/c1-11-8-14(26(18,20)21)9-15(12(11)2)19-27(22,23)13-4-5-16-17(10-13)25-7-3-6-24-16/h4-5,8-10,19H,3,6-7H2,1-2H3,(H2,18,20,21). The van der Waals surface area contributed by atoms with Gasteiger partial charge in [0.2, 0.25) is 10.0 Å². The molecule has 0 aromatic heterocycles. The number of fused-ring (bicyclic) bond motifs is 1. The molecule has 1 aliphatic heterocycles. The van der Waals surface area contributed by atoms with Crippen LogP contribution in [0.1, 0.15) is 17.5 Å².